The summed E-state index contributed by atoms with van der Waals surface area (Å²) >= 11 is 0. The summed E-state index contributed by atoms with van der Waals surface area (Å²) in [7, 11) is 6.98. The molecule has 1 aromatic heterocycles. The third-order valence-corrected chi connectivity index (χ3v) is 6.71. The van der Waals surface area contributed by atoms with E-state index in [0.29, 0.717) is 41.9 Å². The molecule has 0 aliphatic carbocycles. The Morgan fingerprint density at radius 3 is 2.33 bits per heavy atom. The number of hydrogen-bond donors (Lipinski definition) is 0. The highest BCUT2D eigenvalue weighted by Crippen LogP contribution is 2.31. The molecular formula is C29H33N3O4. The molecule has 4 rings (SSSR count). The van der Waals surface area contributed by atoms with Crippen molar-refractivity contribution in [2.45, 2.75) is 25.9 Å². The van der Waals surface area contributed by atoms with E-state index in [1.807, 2.05) is 66.7 Å². The average Bonchev–Trinajstić information content (AvgIpc) is 2.92. The van der Waals surface area contributed by atoms with E-state index < -0.39 is 0 Å². The van der Waals surface area contributed by atoms with Crippen LogP contribution in [0.1, 0.15) is 29.9 Å². The highest BCUT2D eigenvalue weighted by Gasteiger charge is 2.17. The van der Waals surface area contributed by atoms with Gasteiger partial charge in [0.2, 0.25) is 0 Å². The van der Waals surface area contributed by atoms with Crippen molar-refractivity contribution < 1.29 is 14.2 Å². The minimum absolute atomic E-state index is 0.0299. The van der Waals surface area contributed by atoms with Crippen LogP contribution in [0.15, 0.2) is 71.5 Å². The van der Waals surface area contributed by atoms with Crippen molar-refractivity contribution in [2.24, 2.45) is 0 Å². The predicted molar refractivity (Wildman–Crippen MR) is 142 cm³/mol. The van der Waals surface area contributed by atoms with E-state index in [0.717, 1.165) is 22.7 Å². The van der Waals surface area contributed by atoms with Gasteiger partial charge >= 0.3 is 0 Å². The van der Waals surface area contributed by atoms with Crippen LogP contribution in [0.5, 0.6) is 17.2 Å². The molecule has 0 bridgehead atoms. The number of fused-ring (bicyclic) bond motifs is 1. The lowest BCUT2D eigenvalue weighted by atomic mass is 10.1. The first-order chi connectivity index (χ1) is 17.5. The molecule has 0 aliphatic heterocycles. The van der Waals surface area contributed by atoms with Gasteiger partial charge in [0.25, 0.3) is 5.56 Å². The largest absolute Gasteiger partial charge is 0.496 e. The number of rotatable bonds is 10. The Hall–Kier alpha value is -3.84. The molecule has 0 saturated heterocycles. The normalized spacial score (nSPS) is 12.1. The van der Waals surface area contributed by atoms with E-state index in [1.165, 1.54) is 0 Å². The van der Waals surface area contributed by atoms with Crippen LogP contribution < -0.4 is 19.8 Å². The first-order valence-electron chi connectivity index (χ1n) is 12.0. The Labute approximate surface area is 211 Å². The molecule has 0 fully saturated rings. The molecule has 7 heteroatoms. The Morgan fingerprint density at radius 2 is 1.58 bits per heavy atom. The zero-order valence-corrected chi connectivity index (χ0v) is 21.5. The van der Waals surface area contributed by atoms with Gasteiger partial charge in [-0.15, -0.1) is 0 Å². The number of aromatic nitrogens is 2. The van der Waals surface area contributed by atoms with Crippen molar-refractivity contribution in [3.8, 4) is 17.2 Å². The van der Waals surface area contributed by atoms with E-state index in [2.05, 4.69) is 18.9 Å². The topological polar surface area (TPSA) is 65.8 Å². The molecule has 0 amide bonds. The highest BCUT2D eigenvalue weighted by atomic mass is 16.5. The van der Waals surface area contributed by atoms with Crippen LogP contribution in [0.25, 0.3) is 10.9 Å². The summed E-state index contributed by atoms with van der Waals surface area (Å²) in [5, 5.41) is 0.622. The molecule has 36 heavy (non-hydrogen) atoms. The molecule has 3 aromatic carbocycles. The van der Waals surface area contributed by atoms with Gasteiger partial charge in [0.05, 0.1) is 32.2 Å². The summed E-state index contributed by atoms with van der Waals surface area (Å²) in [5.74, 6) is 2.90. The molecule has 0 spiro atoms. The van der Waals surface area contributed by atoms with Crippen molar-refractivity contribution in [3.63, 3.8) is 0 Å². The van der Waals surface area contributed by atoms with Crippen molar-refractivity contribution in [2.75, 3.05) is 34.9 Å². The zero-order valence-electron chi connectivity index (χ0n) is 21.5. The monoisotopic (exact) mass is 487 g/mol. The van der Waals surface area contributed by atoms with E-state index >= 15 is 0 Å². The average molecular weight is 488 g/mol. The van der Waals surface area contributed by atoms with Crippen molar-refractivity contribution in [1.82, 2.24) is 14.5 Å². The lowest BCUT2D eigenvalue weighted by molar-refractivity contribution is 0.248. The number of benzene rings is 3. The van der Waals surface area contributed by atoms with E-state index in [1.54, 1.807) is 25.9 Å². The van der Waals surface area contributed by atoms with Crippen LogP contribution in [0.4, 0.5) is 0 Å². The Bertz CT molecular complexity index is 1400. The second kappa shape index (κ2) is 11.3. The van der Waals surface area contributed by atoms with E-state index in [9.17, 15) is 4.79 Å². The number of ether oxygens (including phenoxy) is 3. The molecule has 1 heterocycles. The van der Waals surface area contributed by atoms with Crippen LogP contribution in [-0.4, -0.2) is 49.4 Å². The van der Waals surface area contributed by atoms with Crippen molar-refractivity contribution >= 4 is 10.9 Å². The fourth-order valence-electron chi connectivity index (χ4n) is 4.42. The van der Waals surface area contributed by atoms with Crippen molar-refractivity contribution in [1.29, 1.82) is 0 Å². The quantitative estimate of drug-likeness (QED) is 0.323. The molecule has 0 N–H and O–H groups in total. The highest BCUT2D eigenvalue weighted by molar-refractivity contribution is 5.77. The van der Waals surface area contributed by atoms with Crippen LogP contribution in [0, 0.1) is 0 Å². The fourth-order valence-corrected chi connectivity index (χ4v) is 4.42. The van der Waals surface area contributed by atoms with Gasteiger partial charge < -0.3 is 14.2 Å². The number of nitrogens with zero attached hydrogens (tertiary/aromatic N) is 3. The van der Waals surface area contributed by atoms with Crippen LogP contribution >= 0.6 is 0 Å². The summed E-state index contributed by atoms with van der Waals surface area (Å²) in [6, 6.07) is 21.4. The van der Waals surface area contributed by atoms with Gasteiger partial charge in [-0.2, -0.15) is 0 Å². The Morgan fingerprint density at radius 1 is 0.889 bits per heavy atom. The second-order valence-electron chi connectivity index (χ2n) is 8.76. The zero-order chi connectivity index (χ0) is 25.7. The summed E-state index contributed by atoms with van der Waals surface area (Å²) in [6.45, 7) is 3.31. The fraction of sp³-hybridized carbons (Fsp3) is 0.310. The van der Waals surface area contributed by atoms with Crippen LogP contribution in [0.2, 0.25) is 0 Å². The first-order valence-corrected chi connectivity index (χ1v) is 12.0. The summed E-state index contributed by atoms with van der Waals surface area (Å²) in [5.41, 5.74) is 2.77. The molecule has 0 aliphatic rings. The van der Waals surface area contributed by atoms with Gasteiger partial charge in [-0.25, -0.2) is 4.98 Å². The van der Waals surface area contributed by atoms with Gasteiger partial charge in [-0.3, -0.25) is 14.3 Å². The van der Waals surface area contributed by atoms with E-state index in [4.69, 9.17) is 19.2 Å². The second-order valence-corrected chi connectivity index (χ2v) is 8.76. The van der Waals surface area contributed by atoms with Crippen LogP contribution in [-0.2, 0) is 13.0 Å². The molecule has 0 radical (unpaired) electrons. The molecule has 0 saturated carbocycles. The maximum atomic E-state index is 13.5. The van der Waals surface area contributed by atoms with Crippen molar-refractivity contribution in [3.05, 3.63) is 94.0 Å². The number of para-hydroxylation sites is 2. The van der Waals surface area contributed by atoms with Crippen LogP contribution in [0.3, 0.4) is 0 Å². The molecule has 1 atom stereocenters. The lowest BCUT2D eigenvalue weighted by Gasteiger charge is -2.26. The third kappa shape index (κ3) is 5.21. The Kier molecular flexibility index (Phi) is 7.90. The Balaban J connectivity index is 1.63. The van der Waals surface area contributed by atoms with Gasteiger partial charge in [-0.05, 0) is 49.9 Å². The number of methoxy groups -OCH3 is 3. The van der Waals surface area contributed by atoms with Gasteiger partial charge in [-0.1, -0.05) is 36.4 Å². The predicted octanol–water partition coefficient (Wildman–Crippen LogP) is 4.71. The molecular weight excluding hydrogens is 454 g/mol. The SMILES string of the molecule is COc1ccccc1Cc1nc2ccccc2c(=O)n1CCN(C)C(C)c1ccc(OC)c(OC)c1. The number of likely N-dealkylation sites (N-methyl/N-ethyl adjacent to an activating group) is 1. The minimum atomic E-state index is -0.0299. The van der Waals surface area contributed by atoms with Gasteiger partial charge in [0.15, 0.2) is 11.5 Å². The maximum absolute atomic E-state index is 13.5. The maximum Gasteiger partial charge on any atom is 0.261 e. The standard InChI is InChI=1S/C29H33N3O4/c1-20(21-14-15-26(35-4)27(18-21)36-5)31(2)16-17-32-28(19-22-10-6-9-13-25(22)34-3)30-24-12-8-7-11-23(24)29(32)33/h6-15,18,20H,16-17,19H2,1-5H3. The number of hydrogen-bond acceptors (Lipinski definition) is 6. The molecule has 7 nitrogen and oxygen atoms in total. The molecule has 4 aromatic rings. The van der Waals surface area contributed by atoms with Gasteiger partial charge in [0.1, 0.15) is 11.6 Å². The summed E-state index contributed by atoms with van der Waals surface area (Å²) in [6.07, 6.45) is 0.499. The van der Waals surface area contributed by atoms with E-state index in [-0.39, 0.29) is 11.6 Å². The lowest BCUT2D eigenvalue weighted by Crippen LogP contribution is -2.32. The third-order valence-electron chi connectivity index (χ3n) is 6.71. The first kappa shape index (κ1) is 25.3. The molecule has 1 unspecified atom stereocenters. The summed E-state index contributed by atoms with van der Waals surface area (Å²) in [4.78, 5) is 20.6. The summed E-state index contributed by atoms with van der Waals surface area (Å²) < 4.78 is 18.2. The minimum Gasteiger partial charge on any atom is -0.496 e. The molecule has 188 valence electrons. The van der Waals surface area contributed by atoms with Gasteiger partial charge in [0, 0.05) is 31.1 Å². The smallest absolute Gasteiger partial charge is 0.261 e.